The third kappa shape index (κ3) is 2.76. The van der Waals surface area contributed by atoms with Gasteiger partial charge in [0, 0.05) is 17.5 Å². The molecule has 0 aliphatic rings. The van der Waals surface area contributed by atoms with Gasteiger partial charge in [-0.25, -0.2) is 4.39 Å². The summed E-state index contributed by atoms with van der Waals surface area (Å²) in [6, 6.07) is 1.37. The molecule has 0 bridgehead atoms. The average molecular weight is 245 g/mol. The Labute approximate surface area is 97.0 Å². The highest BCUT2D eigenvalue weighted by Crippen LogP contribution is 2.34. The zero-order valence-electron chi connectivity index (χ0n) is 9.48. The highest BCUT2D eigenvalue weighted by molar-refractivity contribution is 5.44. The van der Waals surface area contributed by atoms with Crippen LogP contribution < -0.4 is 0 Å². The van der Waals surface area contributed by atoms with Gasteiger partial charge >= 0.3 is 5.69 Å². The van der Waals surface area contributed by atoms with E-state index < -0.39 is 34.3 Å². The van der Waals surface area contributed by atoms with Crippen LogP contribution in [0.4, 0.5) is 14.5 Å². The van der Waals surface area contributed by atoms with Crippen LogP contribution in [0, 0.1) is 21.7 Å². The van der Waals surface area contributed by atoms with Crippen LogP contribution in [0.25, 0.3) is 0 Å². The summed E-state index contributed by atoms with van der Waals surface area (Å²) in [5, 5.41) is 20.2. The van der Waals surface area contributed by atoms with Gasteiger partial charge < -0.3 is 5.11 Å². The number of rotatable bonds is 4. The van der Waals surface area contributed by atoms with Crippen molar-refractivity contribution in [2.24, 2.45) is 0 Å². The summed E-state index contributed by atoms with van der Waals surface area (Å²) in [5.74, 6) is -2.77. The van der Waals surface area contributed by atoms with Gasteiger partial charge in [0.1, 0.15) is 5.82 Å². The lowest BCUT2D eigenvalue weighted by atomic mass is 9.90. The fraction of sp³-hybridized carbons (Fsp3) is 0.455. The number of aliphatic hydroxyl groups is 1. The van der Waals surface area contributed by atoms with Gasteiger partial charge in [-0.15, -0.1) is 0 Å². The molecule has 1 rings (SSSR count). The van der Waals surface area contributed by atoms with Crippen LogP contribution in [-0.4, -0.2) is 16.1 Å². The molecule has 0 saturated carbocycles. The lowest BCUT2D eigenvalue weighted by Gasteiger charge is -2.18. The molecule has 94 valence electrons. The number of hydrogen-bond acceptors (Lipinski definition) is 3. The summed E-state index contributed by atoms with van der Waals surface area (Å²) in [5.41, 5.74) is -0.871. The molecule has 0 spiro atoms. The van der Waals surface area contributed by atoms with Gasteiger partial charge in [0.25, 0.3) is 0 Å². The molecule has 1 N–H and O–H groups in total. The first-order chi connectivity index (χ1) is 7.88. The summed E-state index contributed by atoms with van der Waals surface area (Å²) in [6.45, 7) is 3.12. The van der Waals surface area contributed by atoms with E-state index in [2.05, 4.69) is 0 Å². The fourth-order valence-corrected chi connectivity index (χ4v) is 1.88. The molecule has 0 amide bonds. The zero-order valence-corrected chi connectivity index (χ0v) is 9.48. The maximum atomic E-state index is 13.4. The van der Waals surface area contributed by atoms with E-state index in [1.807, 2.05) is 0 Å². The highest BCUT2D eigenvalue weighted by atomic mass is 19.1. The Morgan fingerprint density at radius 3 is 2.47 bits per heavy atom. The van der Waals surface area contributed by atoms with Gasteiger partial charge in [-0.2, -0.15) is 4.39 Å². The molecule has 0 saturated heterocycles. The maximum absolute atomic E-state index is 13.4. The van der Waals surface area contributed by atoms with Crippen LogP contribution in [-0.2, 0) is 0 Å². The first-order valence-electron chi connectivity index (χ1n) is 5.19. The number of hydrogen-bond donors (Lipinski definition) is 1. The highest BCUT2D eigenvalue weighted by Gasteiger charge is 2.29. The minimum absolute atomic E-state index is 0.106. The standard InChI is InChI=1S/C11H13F2NO3/c1-3-8(6(2)15)9-4-7(12)5-10(13)11(9)14(16)17/h4-6,8,15H,3H2,1-2H3. The lowest BCUT2D eigenvalue weighted by Crippen LogP contribution is -2.16. The van der Waals surface area contributed by atoms with E-state index in [4.69, 9.17) is 0 Å². The number of nitrogens with zero attached hydrogens (tertiary/aromatic N) is 1. The third-order valence-corrected chi connectivity index (χ3v) is 2.66. The molecule has 2 atom stereocenters. The number of nitro groups is 1. The first-order valence-corrected chi connectivity index (χ1v) is 5.19. The van der Waals surface area contributed by atoms with Crippen molar-refractivity contribution in [3.63, 3.8) is 0 Å². The van der Waals surface area contributed by atoms with E-state index >= 15 is 0 Å². The van der Waals surface area contributed by atoms with Crippen LogP contribution in [0.5, 0.6) is 0 Å². The Balaban J connectivity index is 3.43. The second-order valence-corrected chi connectivity index (χ2v) is 3.84. The number of nitro benzene ring substituents is 1. The van der Waals surface area contributed by atoms with Gasteiger partial charge in [-0.3, -0.25) is 10.1 Å². The lowest BCUT2D eigenvalue weighted by molar-refractivity contribution is -0.388. The van der Waals surface area contributed by atoms with Gasteiger partial charge in [0.05, 0.1) is 11.0 Å². The van der Waals surface area contributed by atoms with Crippen molar-refractivity contribution < 1.29 is 18.8 Å². The number of aliphatic hydroxyl groups excluding tert-OH is 1. The second-order valence-electron chi connectivity index (χ2n) is 3.84. The minimum atomic E-state index is -1.22. The predicted molar refractivity (Wildman–Crippen MR) is 57.7 cm³/mol. The summed E-state index contributed by atoms with van der Waals surface area (Å²) in [6.07, 6.45) is -0.568. The van der Waals surface area contributed by atoms with Gasteiger partial charge in [-0.05, 0) is 19.4 Å². The smallest absolute Gasteiger partial charge is 0.308 e. The molecule has 0 aliphatic carbocycles. The molecule has 0 fully saturated rings. The Morgan fingerprint density at radius 1 is 1.47 bits per heavy atom. The van der Waals surface area contributed by atoms with E-state index in [0.717, 1.165) is 6.07 Å². The summed E-state index contributed by atoms with van der Waals surface area (Å²) >= 11 is 0. The molecule has 1 aromatic rings. The molecule has 1 aromatic carbocycles. The molecule has 0 aliphatic heterocycles. The quantitative estimate of drug-likeness (QED) is 0.655. The number of halogens is 2. The van der Waals surface area contributed by atoms with Gasteiger partial charge in [0.15, 0.2) is 0 Å². The first kappa shape index (κ1) is 13.5. The molecule has 0 heterocycles. The van der Waals surface area contributed by atoms with Gasteiger partial charge in [-0.1, -0.05) is 6.92 Å². The normalized spacial score (nSPS) is 14.4. The third-order valence-electron chi connectivity index (χ3n) is 2.66. The number of benzene rings is 1. The van der Waals surface area contributed by atoms with Crippen molar-refractivity contribution in [2.75, 3.05) is 0 Å². The molecular formula is C11H13F2NO3. The van der Waals surface area contributed by atoms with Crippen molar-refractivity contribution in [1.82, 2.24) is 0 Å². The molecule has 0 aromatic heterocycles. The second kappa shape index (κ2) is 5.18. The van der Waals surface area contributed by atoms with Crippen LogP contribution in [0.15, 0.2) is 12.1 Å². The molecule has 2 unspecified atom stereocenters. The monoisotopic (exact) mass is 245 g/mol. The predicted octanol–water partition coefficient (Wildman–Crippen LogP) is 2.75. The van der Waals surface area contributed by atoms with Crippen molar-refractivity contribution >= 4 is 5.69 Å². The summed E-state index contributed by atoms with van der Waals surface area (Å²) < 4.78 is 26.4. The largest absolute Gasteiger partial charge is 0.393 e. The van der Waals surface area contributed by atoms with Crippen molar-refractivity contribution in [3.8, 4) is 0 Å². The Morgan fingerprint density at radius 2 is 2.06 bits per heavy atom. The Kier molecular flexibility index (Phi) is 4.11. The summed E-state index contributed by atoms with van der Waals surface area (Å²) in [4.78, 5) is 9.86. The molecule has 17 heavy (non-hydrogen) atoms. The Bertz CT molecular complexity index is 435. The minimum Gasteiger partial charge on any atom is -0.393 e. The van der Waals surface area contributed by atoms with Crippen molar-refractivity contribution in [3.05, 3.63) is 39.4 Å². The van der Waals surface area contributed by atoms with Crippen molar-refractivity contribution in [2.45, 2.75) is 32.3 Å². The Hall–Kier alpha value is -1.56. The molecule has 4 nitrogen and oxygen atoms in total. The van der Waals surface area contributed by atoms with E-state index in [1.165, 1.54) is 6.92 Å². The average Bonchev–Trinajstić information content (AvgIpc) is 2.15. The van der Waals surface area contributed by atoms with Crippen LogP contribution in [0.3, 0.4) is 0 Å². The van der Waals surface area contributed by atoms with Crippen LogP contribution in [0.1, 0.15) is 31.7 Å². The van der Waals surface area contributed by atoms with E-state index in [9.17, 15) is 24.0 Å². The molecular weight excluding hydrogens is 232 g/mol. The van der Waals surface area contributed by atoms with Crippen molar-refractivity contribution in [1.29, 1.82) is 0 Å². The van der Waals surface area contributed by atoms with E-state index in [0.29, 0.717) is 12.5 Å². The van der Waals surface area contributed by atoms with E-state index in [1.54, 1.807) is 6.92 Å². The zero-order chi connectivity index (χ0) is 13.2. The SMILES string of the molecule is CCC(c1cc(F)cc(F)c1[N+](=O)[O-])C(C)O. The molecule has 6 heteroatoms. The van der Waals surface area contributed by atoms with Gasteiger partial charge in [0.2, 0.25) is 5.82 Å². The summed E-state index contributed by atoms with van der Waals surface area (Å²) in [7, 11) is 0. The van der Waals surface area contributed by atoms with Crippen LogP contribution in [0.2, 0.25) is 0 Å². The fourth-order valence-electron chi connectivity index (χ4n) is 1.88. The molecule has 0 radical (unpaired) electrons. The van der Waals surface area contributed by atoms with Crippen LogP contribution >= 0.6 is 0 Å². The maximum Gasteiger partial charge on any atom is 0.308 e. The topological polar surface area (TPSA) is 63.4 Å². The van der Waals surface area contributed by atoms with E-state index in [-0.39, 0.29) is 5.56 Å².